The SMILES string of the molecule is Cc1cn([C@H]2CCN(c3nnn(-c4ccc(Cl)cc4)c3C(C)C)C2=O)c(C)n1. The van der Waals surface area contributed by atoms with Crippen molar-refractivity contribution in [3.05, 3.63) is 52.7 Å². The minimum absolute atomic E-state index is 0.0329. The Labute approximate surface area is 168 Å². The van der Waals surface area contributed by atoms with Crippen molar-refractivity contribution in [2.75, 3.05) is 11.4 Å². The van der Waals surface area contributed by atoms with Gasteiger partial charge < -0.3 is 4.57 Å². The number of carbonyl (C=O) groups excluding carboxylic acids is 1. The summed E-state index contributed by atoms with van der Waals surface area (Å²) in [6, 6.07) is 7.20. The van der Waals surface area contributed by atoms with Crippen molar-refractivity contribution in [2.24, 2.45) is 0 Å². The van der Waals surface area contributed by atoms with Crippen LogP contribution in [-0.4, -0.2) is 37.0 Å². The van der Waals surface area contributed by atoms with E-state index >= 15 is 0 Å². The molecule has 1 aliphatic heterocycles. The zero-order valence-electron chi connectivity index (χ0n) is 16.4. The van der Waals surface area contributed by atoms with Gasteiger partial charge in [-0.1, -0.05) is 30.7 Å². The minimum Gasteiger partial charge on any atom is -0.322 e. The van der Waals surface area contributed by atoms with E-state index in [0.717, 1.165) is 29.3 Å². The molecule has 3 heterocycles. The number of aryl methyl sites for hydroxylation is 2. The fourth-order valence-corrected chi connectivity index (χ4v) is 3.96. The van der Waals surface area contributed by atoms with E-state index in [1.807, 2.05) is 48.9 Å². The summed E-state index contributed by atoms with van der Waals surface area (Å²) >= 11 is 6.01. The smallest absolute Gasteiger partial charge is 0.251 e. The Balaban J connectivity index is 1.71. The van der Waals surface area contributed by atoms with Crippen LogP contribution in [0.5, 0.6) is 0 Å². The van der Waals surface area contributed by atoms with Crippen LogP contribution in [0.2, 0.25) is 5.02 Å². The molecule has 1 fully saturated rings. The van der Waals surface area contributed by atoms with E-state index in [1.165, 1.54) is 0 Å². The molecule has 0 aliphatic carbocycles. The molecule has 1 atom stereocenters. The number of anilines is 1. The van der Waals surface area contributed by atoms with Crippen molar-refractivity contribution >= 4 is 23.3 Å². The highest BCUT2D eigenvalue weighted by Gasteiger charge is 2.38. The van der Waals surface area contributed by atoms with E-state index in [2.05, 4.69) is 29.1 Å². The number of imidazole rings is 1. The standard InChI is InChI=1S/C20H23ClN6O/c1-12(2)18-19(23-24-27(18)16-7-5-15(21)6-8-16)25-10-9-17(20(25)28)26-11-13(3)22-14(26)4/h5-8,11-12,17H,9-10H2,1-4H3/t17-/m0/s1. The summed E-state index contributed by atoms with van der Waals surface area (Å²) in [5.74, 6) is 1.66. The maximum Gasteiger partial charge on any atom is 0.251 e. The van der Waals surface area contributed by atoms with Gasteiger partial charge in [0, 0.05) is 17.8 Å². The molecule has 0 bridgehead atoms. The second-order valence-corrected chi connectivity index (χ2v) is 7.91. The summed E-state index contributed by atoms with van der Waals surface area (Å²) in [6.07, 6.45) is 2.66. The highest BCUT2D eigenvalue weighted by Crippen LogP contribution is 2.34. The second kappa shape index (κ2) is 7.05. The van der Waals surface area contributed by atoms with Crippen molar-refractivity contribution < 1.29 is 4.79 Å². The van der Waals surface area contributed by atoms with E-state index in [0.29, 0.717) is 17.4 Å². The van der Waals surface area contributed by atoms with Crippen LogP contribution >= 0.6 is 11.6 Å². The Hall–Kier alpha value is -2.67. The van der Waals surface area contributed by atoms with E-state index in [4.69, 9.17) is 11.6 Å². The van der Waals surface area contributed by atoms with Crippen LogP contribution in [0.4, 0.5) is 5.82 Å². The molecule has 1 saturated heterocycles. The molecule has 2 aromatic heterocycles. The predicted molar refractivity (Wildman–Crippen MR) is 108 cm³/mol. The lowest BCUT2D eigenvalue weighted by molar-refractivity contribution is -0.119. The molecule has 4 rings (SSSR count). The van der Waals surface area contributed by atoms with Gasteiger partial charge in [0.1, 0.15) is 11.9 Å². The van der Waals surface area contributed by atoms with Crippen LogP contribution in [-0.2, 0) is 4.79 Å². The van der Waals surface area contributed by atoms with Crippen molar-refractivity contribution in [3.63, 3.8) is 0 Å². The average molecular weight is 399 g/mol. The van der Waals surface area contributed by atoms with E-state index in [1.54, 1.807) is 9.58 Å². The largest absolute Gasteiger partial charge is 0.322 e. The third-order valence-corrected chi connectivity index (χ3v) is 5.36. The van der Waals surface area contributed by atoms with Crippen molar-refractivity contribution in [1.29, 1.82) is 0 Å². The molecular formula is C20H23ClN6O. The number of benzene rings is 1. The predicted octanol–water partition coefficient (Wildman–Crippen LogP) is 3.84. The fourth-order valence-electron chi connectivity index (χ4n) is 3.83. The van der Waals surface area contributed by atoms with Crippen molar-refractivity contribution in [3.8, 4) is 5.69 Å². The fraction of sp³-hybridized carbons (Fsp3) is 0.400. The third kappa shape index (κ3) is 3.09. The molecule has 146 valence electrons. The van der Waals surface area contributed by atoms with Gasteiger partial charge in [-0.25, -0.2) is 9.67 Å². The zero-order chi connectivity index (χ0) is 20.0. The highest BCUT2D eigenvalue weighted by molar-refractivity contribution is 6.30. The number of hydrogen-bond acceptors (Lipinski definition) is 4. The summed E-state index contributed by atoms with van der Waals surface area (Å²) in [4.78, 5) is 19.4. The Morgan fingerprint density at radius 2 is 1.89 bits per heavy atom. The lowest BCUT2D eigenvalue weighted by Crippen LogP contribution is -2.29. The number of amides is 1. The molecule has 1 amide bonds. The molecule has 7 nitrogen and oxygen atoms in total. The number of halogens is 1. The van der Waals surface area contributed by atoms with E-state index < -0.39 is 0 Å². The molecule has 28 heavy (non-hydrogen) atoms. The lowest BCUT2D eigenvalue weighted by atomic mass is 10.1. The zero-order valence-corrected chi connectivity index (χ0v) is 17.2. The maximum absolute atomic E-state index is 13.2. The molecule has 0 unspecified atom stereocenters. The van der Waals surface area contributed by atoms with Crippen molar-refractivity contribution in [1.82, 2.24) is 24.5 Å². The van der Waals surface area contributed by atoms with Gasteiger partial charge in [0.2, 0.25) is 0 Å². The third-order valence-electron chi connectivity index (χ3n) is 5.11. The van der Waals surface area contributed by atoms with Gasteiger partial charge >= 0.3 is 0 Å². The summed E-state index contributed by atoms with van der Waals surface area (Å²) in [5.41, 5.74) is 2.70. The molecule has 0 radical (unpaired) electrons. The molecule has 0 saturated carbocycles. The number of rotatable bonds is 4. The van der Waals surface area contributed by atoms with Crippen LogP contribution < -0.4 is 4.90 Å². The molecule has 1 aromatic carbocycles. The first-order valence-electron chi connectivity index (χ1n) is 9.41. The summed E-state index contributed by atoms with van der Waals surface area (Å²) < 4.78 is 3.76. The average Bonchev–Trinajstić information content (AvgIpc) is 3.32. The number of hydrogen-bond donors (Lipinski definition) is 0. The monoisotopic (exact) mass is 398 g/mol. The molecule has 0 N–H and O–H groups in total. The Morgan fingerprint density at radius 3 is 2.50 bits per heavy atom. The molecule has 8 heteroatoms. The van der Waals surface area contributed by atoms with Gasteiger partial charge in [-0.3, -0.25) is 9.69 Å². The van der Waals surface area contributed by atoms with Gasteiger partial charge in [0.05, 0.1) is 17.1 Å². The van der Waals surface area contributed by atoms with Gasteiger partial charge in [-0.2, -0.15) is 0 Å². The molecule has 1 aliphatic rings. The Kier molecular flexibility index (Phi) is 4.71. The van der Waals surface area contributed by atoms with Gasteiger partial charge in [0.25, 0.3) is 5.91 Å². The van der Waals surface area contributed by atoms with E-state index in [9.17, 15) is 4.79 Å². The number of aromatic nitrogens is 5. The number of carbonyl (C=O) groups is 1. The highest BCUT2D eigenvalue weighted by atomic mass is 35.5. The summed E-state index contributed by atoms with van der Waals surface area (Å²) in [5, 5.41) is 9.40. The Bertz CT molecular complexity index is 1020. The van der Waals surface area contributed by atoms with E-state index in [-0.39, 0.29) is 17.9 Å². The lowest BCUT2D eigenvalue weighted by Gasteiger charge is -2.18. The van der Waals surface area contributed by atoms with Gasteiger partial charge in [0.15, 0.2) is 5.82 Å². The first-order valence-corrected chi connectivity index (χ1v) is 9.79. The maximum atomic E-state index is 13.2. The first-order chi connectivity index (χ1) is 13.4. The van der Waals surface area contributed by atoms with Crippen LogP contribution in [0.1, 0.15) is 49.4 Å². The number of nitrogens with zero attached hydrogens (tertiary/aromatic N) is 6. The molecule has 3 aromatic rings. The van der Waals surface area contributed by atoms with Crippen molar-refractivity contribution in [2.45, 2.75) is 46.1 Å². The normalized spacial score (nSPS) is 17.1. The first kappa shape index (κ1) is 18.7. The van der Waals surface area contributed by atoms with Crippen LogP contribution in [0, 0.1) is 13.8 Å². The molecular weight excluding hydrogens is 376 g/mol. The second-order valence-electron chi connectivity index (χ2n) is 7.47. The quantitative estimate of drug-likeness (QED) is 0.669. The molecule has 0 spiro atoms. The van der Waals surface area contributed by atoms with Crippen LogP contribution in [0.15, 0.2) is 30.5 Å². The van der Waals surface area contributed by atoms with Crippen LogP contribution in [0.3, 0.4) is 0 Å². The minimum atomic E-state index is -0.248. The van der Waals surface area contributed by atoms with Gasteiger partial charge in [-0.15, -0.1) is 5.10 Å². The Morgan fingerprint density at radius 1 is 1.18 bits per heavy atom. The topological polar surface area (TPSA) is 68.8 Å². The summed E-state index contributed by atoms with van der Waals surface area (Å²) in [7, 11) is 0. The summed E-state index contributed by atoms with van der Waals surface area (Å²) in [6.45, 7) is 8.64. The van der Waals surface area contributed by atoms with Gasteiger partial charge in [-0.05, 0) is 50.5 Å². The van der Waals surface area contributed by atoms with Crippen LogP contribution in [0.25, 0.3) is 5.69 Å².